The molecule has 0 radical (unpaired) electrons. The first-order chi connectivity index (χ1) is 11.0. The number of hydrogen-bond acceptors (Lipinski definition) is 6. The van der Waals surface area contributed by atoms with Crippen molar-refractivity contribution < 1.29 is 28.6 Å². The van der Waals surface area contributed by atoms with Crippen molar-refractivity contribution in [2.75, 3.05) is 6.61 Å². The zero-order valence-electron chi connectivity index (χ0n) is 15.2. The van der Waals surface area contributed by atoms with Gasteiger partial charge in [0.1, 0.15) is 11.5 Å². The van der Waals surface area contributed by atoms with E-state index in [9.17, 15) is 14.4 Å². The third-order valence-corrected chi connectivity index (χ3v) is 4.48. The number of ketones is 1. The molecule has 134 valence electrons. The highest BCUT2D eigenvalue weighted by Crippen LogP contribution is 2.54. The van der Waals surface area contributed by atoms with Gasteiger partial charge >= 0.3 is 11.9 Å². The maximum atomic E-state index is 12.9. The first kappa shape index (κ1) is 18.6. The summed E-state index contributed by atoms with van der Waals surface area (Å²) in [6.07, 6.45) is 2.13. The summed E-state index contributed by atoms with van der Waals surface area (Å²) in [5, 5.41) is 0. The second kappa shape index (κ2) is 5.99. The number of hydrogen-bond donors (Lipinski definition) is 0. The minimum absolute atomic E-state index is 0.156. The van der Waals surface area contributed by atoms with E-state index in [-0.39, 0.29) is 18.8 Å². The molecule has 2 saturated heterocycles. The van der Waals surface area contributed by atoms with Crippen LogP contribution < -0.4 is 0 Å². The van der Waals surface area contributed by atoms with Gasteiger partial charge in [-0.2, -0.15) is 0 Å². The lowest BCUT2D eigenvalue weighted by molar-refractivity contribution is -0.198. The van der Waals surface area contributed by atoms with Crippen molar-refractivity contribution >= 4 is 17.7 Å². The molecule has 0 aliphatic carbocycles. The number of Topliss-reactive ketones (excluding diaryl/α,β-unsaturated/α-hetero) is 1. The van der Waals surface area contributed by atoms with Crippen LogP contribution in [-0.4, -0.2) is 41.1 Å². The fourth-order valence-corrected chi connectivity index (χ4v) is 3.55. The quantitative estimate of drug-likeness (QED) is 0.446. The molecule has 2 heterocycles. The molecule has 3 atom stereocenters. The monoisotopic (exact) mass is 338 g/mol. The van der Waals surface area contributed by atoms with Gasteiger partial charge in [0.2, 0.25) is 5.60 Å². The summed E-state index contributed by atoms with van der Waals surface area (Å²) in [7, 11) is 0. The van der Waals surface area contributed by atoms with Gasteiger partial charge in [-0.3, -0.25) is 9.59 Å². The number of fused-ring (bicyclic) bond motifs is 2. The van der Waals surface area contributed by atoms with Gasteiger partial charge in [-0.15, -0.1) is 0 Å². The highest BCUT2D eigenvalue weighted by Gasteiger charge is 2.70. The fraction of sp³-hybridized carbons (Fsp3) is 0.722. The Hall–Kier alpha value is -1.69. The first-order valence-electron chi connectivity index (χ1n) is 8.32. The van der Waals surface area contributed by atoms with Crippen molar-refractivity contribution in [2.24, 2.45) is 5.92 Å². The van der Waals surface area contributed by atoms with E-state index in [0.717, 1.165) is 0 Å². The molecule has 0 saturated carbocycles. The van der Waals surface area contributed by atoms with Crippen LogP contribution in [0, 0.1) is 5.92 Å². The zero-order chi connectivity index (χ0) is 18.3. The van der Waals surface area contributed by atoms with E-state index in [1.54, 1.807) is 47.6 Å². The summed E-state index contributed by atoms with van der Waals surface area (Å²) < 4.78 is 16.6. The smallest absolute Gasteiger partial charge is 0.351 e. The summed E-state index contributed by atoms with van der Waals surface area (Å²) in [6, 6.07) is 0. The van der Waals surface area contributed by atoms with Crippen LogP contribution in [0.5, 0.6) is 0 Å². The van der Waals surface area contributed by atoms with Crippen molar-refractivity contribution in [3.05, 3.63) is 11.6 Å². The van der Waals surface area contributed by atoms with E-state index in [1.165, 1.54) is 0 Å². The molecular formula is C18H26O6. The number of allylic oxidation sites excluding steroid dienone is 1. The van der Waals surface area contributed by atoms with Crippen LogP contribution in [0.2, 0.25) is 0 Å². The molecule has 2 fully saturated rings. The van der Waals surface area contributed by atoms with Crippen LogP contribution in [-0.2, 0) is 28.6 Å². The normalized spacial score (nSPS) is 34.3. The van der Waals surface area contributed by atoms with Gasteiger partial charge in [0.15, 0.2) is 5.78 Å². The lowest BCUT2D eigenvalue weighted by Gasteiger charge is -2.37. The third kappa shape index (κ3) is 2.77. The number of carbonyl (C=O) groups excluding carboxylic acids is 3. The van der Waals surface area contributed by atoms with Crippen LogP contribution in [0.3, 0.4) is 0 Å². The summed E-state index contributed by atoms with van der Waals surface area (Å²) in [5.74, 6) is -2.39. The van der Waals surface area contributed by atoms with Gasteiger partial charge in [-0.25, -0.2) is 4.79 Å². The highest BCUT2D eigenvalue weighted by atomic mass is 16.6. The lowest BCUT2D eigenvalue weighted by atomic mass is 9.81. The van der Waals surface area contributed by atoms with Gasteiger partial charge in [0.05, 0.1) is 12.2 Å². The Bertz CT molecular complexity index is 599. The molecule has 0 aromatic carbocycles. The molecule has 0 aromatic rings. The molecule has 2 rings (SSSR count). The van der Waals surface area contributed by atoms with Gasteiger partial charge < -0.3 is 14.2 Å². The first-order valence-corrected chi connectivity index (χ1v) is 8.32. The number of carbonyl (C=O) groups is 3. The molecule has 24 heavy (non-hydrogen) atoms. The van der Waals surface area contributed by atoms with Gasteiger partial charge in [0.25, 0.3) is 0 Å². The van der Waals surface area contributed by atoms with Crippen molar-refractivity contribution in [3.8, 4) is 0 Å². The average molecular weight is 338 g/mol. The Labute approximate surface area is 142 Å². The molecule has 2 aliphatic heterocycles. The molecule has 0 unspecified atom stereocenters. The van der Waals surface area contributed by atoms with Crippen LogP contribution in [0.1, 0.15) is 54.4 Å². The van der Waals surface area contributed by atoms with Crippen LogP contribution in [0.25, 0.3) is 0 Å². The largest absolute Gasteiger partial charge is 0.465 e. The van der Waals surface area contributed by atoms with Gasteiger partial charge in [-0.1, -0.05) is 6.08 Å². The summed E-state index contributed by atoms with van der Waals surface area (Å²) in [4.78, 5) is 38.1. The number of rotatable bonds is 3. The Balaban J connectivity index is 2.55. The van der Waals surface area contributed by atoms with Crippen molar-refractivity contribution in [1.82, 2.24) is 0 Å². The summed E-state index contributed by atoms with van der Waals surface area (Å²) >= 11 is 0. The molecule has 2 bridgehead atoms. The Morgan fingerprint density at radius 1 is 1.38 bits per heavy atom. The zero-order valence-corrected chi connectivity index (χ0v) is 15.2. The highest BCUT2D eigenvalue weighted by molar-refractivity contribution is 6.13. The molecule has 6 heteroatoms. The van der Waals surface area contributed by atoms with Crippen LogP contribution in [0.15, 0.2) is 11.6 Å². The standard InChI is InChI=1S/C18H26O6/c1-7-11-13(14(20)22-8-2)17(6)10-9-12(19)18(11,24-17)15(21)23-16(3,4)5/h7,13H,8-10H2,1-6H3/b11-7+/t13-,17-,18-/m1/s1. The minimum Gasteiger partial charge on any atom is -0.465 e. The lowest BCUT2D eigenvalue weighted by Crippen LogP contribution is -2.54. The molecule has 0 aromatic heterocycles. The third-order valence-electron chi connectivity index (χ3n) is 4.48. The van der Waals surface area contributed by atoms with Gasteiger partial charge in [0, 0.05) is 6.42 Å². The molecule has 2 aliphatic rings. The maximum absolute atomic E-state index is 12.9. The Morgan fingerprint density at radius 2 is 2.00 bits per heavy atom. The predicted molar refractivity (Wildman–Crippen MR) is 86.2 cm³/mol. The number of ether oxygens (including phenoxy) is 3. The molecule has 0 spiro atoms. The van der Waals surface area contributed by atoms with Crippen LogP contribution >= 0.6 is 0 Å². The van der Waals surface area contributed by atoms with Crippen LogP contribution in [0.4, 0.5) is 0 Å². The minimum atomic E-state index is -1.84. The second-order valence-corrected chi connectivity index (χ2v) is 7.45. The van der Waals surface area contributed by atoms with Crippen molar-refractivity contribution in [1.29, 1.82) is 0 Å². The maximum Gasteiger partial charge on any atom is 0.351 e. The van der Waals surface area contributed by atoms with E-state index in [4.69, 9.17) is 14.2 Å². The van der Waals surface area contributed by atoms with E-state index in [2.05, 4.69) is 0 Å². The van der Waals surface area contributed by atoms with E-state index < -0.39 is 34.7 Å². The molecule has 0 N–H and O–H groups in total. The van der Waals surface area contributed by atoms with Crippen molar-refractivity contribution in [3.63, 3.8) is 0 Å². The topological polar surface area (TPSA) is 78.9 Å². The molecule has 0 amide bonds. The molecular weight excluding hydrogens is 312 g/mol. The Morgan fingerprint density at radius 3 is 2.50 bits per heavy atom. The van der Waals surface area contributed by atoms with Gasteiger partial charge in [-0.05, 0) is 53.5 Å². The fourth-order valence-electron chi connectivity index (χ4n) is 3.55. The number of esters is 2. The van der Waals surface area contributed by atoms with Crippen molar-refractivity contribution in [2.45, 2.75) is 71.2 Å². The predicted octanol–water partition coefficient (Wildman–Crippen LogP) is 2.34. The van der Waals surface area contributed by atoms with E-state index in [0.29, 0.717) is 12.0 Å². The van der Waals surface area contributed by atoms with E-state index in [1.807, 2.05) is 0 Å². The summed E-state index contributed by atoms with van der Waals surface area (Å²) in [6.45, 7) is 10.5. The average Bonchev–Trinajstić information content (AvgIpc) is 2.68. The molecule has 6 nitrogen and oxygen atoms in total. The SMILES string of the molecule is C/C=C1\[C@H](C(=O)OCC)[C@@]2(C)CCC(=O)[C@]1(C(=O)OC(C)(C)C)O2. The summed E-state index contributed by atoms with van der Waals surface area (Å²) in [5.41, 5.74) is -3.24. The Kier molecular flexibility index (Phi) is 4.65. The van der Waals surface area contributed by atoms with E-state index >= 15 is 0 Å². The second-order valence-electron chi connectivity index (χ2n) is 7.45.